The molecule has 0 heterocycles. The van der Waals surface area contributed by atoms with Gasteiger partial charge in [0.15, 0.2) is 0 Å². The van der Waals surface area contributed by atoms with E-state index in [2.05, 4.69) is 10.0 Å². The first kappa shape index (κ1) is 22.8. The van der Waals surface area contributed by atoms with E-state index in [1.54, 1.807) is 7.11 Å². The molecule has 9 nitrogen and oxygen atoms in total. The summed E-state index contributed by atoms with van der Waals surface area (Å²) in [5.41, 5.74) is 1.33. The number of carbonyl (C=O) groups is 1. The smallest absolute Gasteiger partial charge is 0.270 e. The predicted octanol–water partition coefficient (Wildman–Crippen LogP) is 3.38. The van der Waals surface area contributed by atoms with Gasteiger partial charge in [-0.15, -0.1) is 0 Å². The minimum atomic E-state index is -4.02. The van der Waals surface area contributed by atoms with Crippen LogP contribution in [0.1, 0.15) is 15.9 Å². The summed E-state index contributed by atoms with van der Waals surface area (Å²) in [7, 11) is -2.42. The number of hydrogen-bond acceptors (Lipinski definition) is 6. The Morgan fingerprint density at radius 1 is 1.03 bits per heavy atom. The lowest BCUT2D eigenvalue weighted by molar-refractivity contribution is -0.385. The van der Waals surface area contributed by atoms with Crippen molar-refractivity contribution < 1.29 is 22.9 Å². The van der Waals surface area contributed by atoms with Gasteiger partial charge in [0.05, 0.1) is 16.9 Å². The van der Waals surface area contributed by atoms with E-state index in [0.717, 1.165) is 17.4 Å². The molecular weight excluding hydrogens is 434 g/mol. The van der Waals surface area contributed by atoms with Crippen LogP contribution < -0.4 is 14.8 Å². The molecule has 0 unspecified atom stereocenters. The molecule has 0 fully saturated rings. The van der Waals surface area contributed by atoms with Crippen molar-refractivity contribution in [2.45, 2.75) is 11.3 Å². The SMILES string of the molecule is COc1ccc(CCNC(=O)c2ccc(NS(=O)(=O)c3cccc([N+](=O)[O-])c3)cc2)cc1. The number of anilines is 1. The Hall–Kier alpha value is -3.92. The van der Waals surface area contributed by atoms with Crippen molar-refractivity contribution in [2.24, 2.45) is 0 Å². The number of carbonyl (C=O) groups excluding carboxylic acids is 1. The minimum absolute atomic E-state index is 0.228. The summed E-state index contributed by atoms with van der Waals surface area (Å²) >= 11 is 0. The van der Waals surface area contributed by atoms with Crippen molar-refractivity contribution in [3.05, 3.63) is 94.0 Å². The highest BCUT2D eigenvalue weighted by molar-refractivity contribution is 7.92. The number of non-ortho nitro benzene ring substituents is 1. The van der Waals surface area contributed by atoms with Crippen molar-refractivity contribution >= 4 is 27.3 Å². The Labute approximate surface area is 185 Å². The van der Waals surface area contributed by atoms with Gasteiger partial charge >= 0.3 is 0 Å². The minimum Gasteiger partial charge on any atom is -0.497 e. The molecule has 166 valence electrons. The number of amides is 1. The van der Waals surface area contributed by atoms with Crippen LogP contribution in [-0.2, 0) is 16.4 Å². The molecular formula is C22H21N3O6S. The molecule has 0 aliphatic rings. The van der Waals surface area contributed by atoms with Gasteiger partial charge in [-0.2, -0.15) is 0 Å². The molecule has 3 aromatic carbocycles. The lowest BCUT2D eigenvalue weighted by Crippen LogP contribution is -2.25. The van der Waals surface area contributed by atoms with Crippen LogP contribution in [0.25, 0.3) is 0 Å². The number of benzene rings is 3. The number of hydrogen-bond donors (Lipinski definition) is 2. The lowest BCUT2D eigenvalue weighted by Gasteiger charge is -2.09. The zero-order valence-electron chi connectivity index (χ0n) is 17.1. The summed E-state index contributed by atoms with van der Waals surface area (Å²) in [5, 5.41) is 13.7. The molecule has 0 bridgehead atoms. The summed E-state index contributed by atoms with van der Waals surface area (Å²) in [6, 6.07) is 18.2. The number of nitro benzene ring substituents is 1. The maximum Gasteiger partial charge on any atom is 0.270 e. The molecule has 3 rings (SSSR count). The third kappa shape index (κ3) is 5.82. The second kappa shape index (κ2) is 9.92. The first-order valence-corrected chi connectivity index (χ1v) is 11.1. The molecule has 0 saturated carbocycles. The average molecular weight is 455 g/mol. The molecule has 0 spiro atoms. The van der Waals surface area contributed by atoms with Gasteiger partial charge in [-0.05, 0) is 54.4 Å². The number of nitro groups is 1. The predicted molar refractivity (Wildman–Crippen MR) is 119 cm³/mol. The van der Waals surface area contributed by atoms with Gasteiger partial charge in [-0.3, -0.25) is 19.6 Å². The molecule has 10 heteroatoms. The topological polar surface area (TPSA) is 128 Å². The maximum absolute atomic E-state index is 12.5. The molecule has 0 aliphatic carbocycles. The van der Waals surface area contributed by atoms with Crippen molar-refractivity contribution in [1.29, 1.82) is 0 Å². The van der Waals surface area contributed by atoms with Crippen LogP contribution in [0.2, 0.25) is 0 Å². The van der Waals surface area contributed by atoms with Crippen LogP contribution in [-0.4, -0.2) is 32.9 Å². The first-order chi connectivity index (χ1) is 15.3. The highest BCUT2D eigenvalue weighted by atomic mass is 32.2. The summed E-state index contributed by atoms with van der Waals surface area (Å²) in [6.07, 6.45) is 0.650. The number of sulfonamides is 1. The molecule has 0 atom stereocenters. The van der Waals surface area contributed by atoms with E-state index in [9.17, 15) is 23.3 Å². The number of nitrogens with zero attached hydrogens (tertiary/aromatic N) is 1. The zero-order valence-corrected chi connectivity index (χ0v) is 18.0. The van der Waals surface area contributed by atoms with Crippen molar-refractivity contribution in [1.82, 2.24) is 5.32 Å². The Morgan fingerprint density at radius 2 is 1.72 bits per heavy atom. The Balaban J connectivity index is 1.58. The Morgan fingerprint density at radius 3 is 2.34 bits per heavy atom. The van der Waals surface area contributed by atoms with E-state index >= 15 is 0 Å². The van der Waals surface area contributed by atoms with Gasteiger partial charge in [0.2, 0.25) is 0 Å². The second-order valence-corrected chi connectivity index (χ2v) is 8.47. The van der Waals surface area contributed by atoms with Gasteiger partial charge < -0.3 is 10.1 Å². The van der Waals surface area contributed by atoms with E-state index in [1.165, 1.54) is 42.5 Å². The normalized spacial score (nSPS) is 10.9. The van der Waals surface area contributed by atoms with Gasteiger partial charge in [0, 0.05) is 29.9 Å². The first-order valence-electron chi connectivity index (χ1n) is 9.57. The fourth-order valence-corrected chi connectivity index (χ4v) is 3.98. The largest absolute Gasteiger partial charge is 0.497 e. The fraction of sp³-hybridized carbons (Fsp3) is 0.136. The number of methoxy groups -OCH3 is 1. The van der Waals surface area contributed by atoms with Crippen molar-refractivity contribution in [2.75, 3.05) is 18.4 Å². The van der Waals surface area contributed by atoms with Crippen LogP contribution in [0, 0.1) is 10.1 Å². The lowest BCUT2D eigenvalue weighted by atomic mass is 10.1. The van der Waals surface area contributed by atoms with E-state index in [4.69, 9.17) is 4.74 Å². The molecule has 0 radical (unpaired) electrons. The van der Waals surface area contributed by atoms with Crippen molar-refractivity contribution in [3.63, 3.8) is 0 Å². The van der Waals surface area contributed by atoms with E-state index in [0.29, 0.717) is 18.5 Å². The third-order valence-corrected chi connectivity index (χ3v) is 5.98. The van der Waals surface area contributed by atoms with E-state index < -0.39 is 14.9 Å². The standard InChI is InChI=1S/C22H21N3O6S/c1-31-20-11-5-16(6-12-20)13-14-23-22(26)17-7-9-18(10-8-17)24-32(29,30)21-4-2-3-19(15-21)25(27)28/h2-12,15,24H,13-14H2,1H3,(H,23,26). The summed E-state index contributed by atoms with van der Waals surface area (Å²) in [4.78, 5) is 22.3. The van der Waals surface area contributed by atoms with E-state index in [-0.39, 0.29) is 22.2 Å². The fourth-order valence-electron chi connectivity index (χ4n) is 2.88. The van der Waals surface area contributed by atoms with Crippen LogP contribution in [0.15, 0.2) is 77.7 Å². The number of ether oxygens (including phenoxy) is 1. The van der Waals surface area contributed by atoms with Gasteiger partial charge in [0.1, 0.15) is 5.75 Å². The maximum atomic E-state index is 12.5. The van der Waals surface area contributed by atoms with Crippen LogP contribution in [0.5, 0.6) is 5.75 Å². The summed E-state index contributed by atoms with van der Waals surface area (Å²) < 4.78 is 32.4. The molecule has 0 saturated heterocycles. The van der Waals surface area contributed by atoms with Gasteiger partial charge in [0.25, 0.3) is 21.6 Å². The Kier molecular flexibility index (Phi) is 7.06. The molecule has 1 amide bonds. The molecule has 3 aromatic rings. The highest BCUT2D eigenvalue weighted by Crippen LogP contribution is 2.21. The summed E-state index contributed by atoms with van der Waals surface area (Å²) in [6.45, 7) is 0.437. The highest BCUT2D eigenvalue weighted by Gasteiger charge is 2.18. The molecule has 0 aromatic heterocycles. The van der Waals surface area contributed by atoms with Gasteiger partial charge in [-0.1, -0.05) is 18.2 Å². The molecule has 32 heavy (non-hydrogen) atoms. The Bertz CT molecular complexity index is 1210. The number of rotatable bonds is 9. The third-order valence-electron chi connectivity index (χ3n) is 4.60. The van der Waals surface area contributed by atoms with Crippen LogP contribution in [0.3, 0.4) is 0 Å². The second-order valence-electron chi connectivity index (χ2n) is 6.79. The molecule has 0 aliphatic heterocycles. The average Bonchev–Trinajstić information content (AvgIpc) is 2.79. The monoisotopic (exact) mass is 455 g/mol. The van der Waals surface area contributed by atoms with E-state index in [1.807, 2.05) is 24.3 Å². The van der Waals surface area contributed by atoms with Crippen LogP contribution in [0.4, 0.5) is 11.4 Å². The van der Waals surface area contributed by atoms with Gasteiger partial charge in [-0.25, -0.2) is 8.42 Å². The van der Waals surface area contributed by atoms with Crippen molar-refractivity contribution in [3.8, 4) is 5.75 Å². The zero-order chi connectivity index (χ0) is 23.1. The molecule has 2 N–H and O–H groups in total. The summed E-state index contributed by atoms with van der Waals surface area (Å²) in [5.74, 6) is 0.477. The number of nitrogens with one attached hydrogen (secondary N) is 2. The van der Waals surface area contributed by atoms with Crippen LogP contribution >= 0.6 is 0 Å². The quantitative estimate of drug-likeness (QED) is 0.376.